The second kappa shape index (κ2) is 7.42. The van der Waals surface area contributed by atoms with Crippen molar-refractivity contribution in [2.24, 2.45) is 7.05 Å². The SMILES string of the molecule is CCNC(COCC(F)(F)F)Cc1c(Br)c(C)nn1C. The van der Waals surface area contributed by atoms with Crippen LogP contribution >= 0.6 is 15.9 Å². The molecule has 0 aliphatic rings. The van der Waals surface area contributed by atoms with Crippen LogP contribution in [0.2, 0.25) is 0 Å². The molecule has 0 aliphatic carbocycles. The molecule has 0 saturated heterocycles. The normalized spacial score (nSPS) is 13.8. The number of alkyl halides is 3. The number of aromatic nitrogens is 2. The molecule has 116 valence electrons. The first-order valence-electron chi connectivity index (χ1n) is 6.30. The summed E-state index contributed by atoms with van der Waals surface area (Å²) in [5.41, 5.74) is 1.79. The van der Waals surface area contributed by atoms with E-state index in [9.17, 15) is 13.2 Å². The second-order valence-corrected chi connectivity index (χ2v) is 5.35. The van der Waals surface area contributed by atoms with Crippen LogP contribution in [0.1, 0.15) is 18.3 Å². The third-order valence-corrected chi connectivity index (χ3v) is 3.81. The summed E-state index contributed by atoms with van der Waals surface area (Å²) < 4.78 is 43.6. The Balaban J connectivity index is 2.62. The number of likely N-dealkylation sites (N-methyl/N-ethyl adjacent to an activating group) is 1. The van der Waals surface area contributed by atoms with Gasteiger partial charge >= 0.3 is 6.18 Å². The van der Waals surface area contributed by atoms with Gasteiger partial charge in [0.25, 0.3) is 0 Å². The summed E-state index contributed by atoms with van der Waals surface area (Å²) in [4.78, 5) is 0. The van der Waals surface area contributed by atoms with Gasteiger partial charge in [0.15, 0.2) is 0 Å². The lowest BCUT2D eigenvalue weighted by molar-refractivity contribution is -0.175. The molecule has 1 heterocycles. The van der Waals surface area contributed by atoms with Gasteiger partial charge in [-0.1, -0.05) is 6.92 Å². The van der Waals surface area contributed by atoms with Crippen molar-refractivity contribution < 1.29 is 17.9 Å². The number of rotatable bonds is 7. The van der Waals surface area contributed by atoms with E-state index in [1.165, 1.54) is 0 Å². The molecule has 4 nitrogen and oxygen atoms in total. The van der Waals surface area contributed by atoms with Crippen LogP contribution in [0.25, 0.3) is 0 Å². The summed E-state index contributed by atoms with van der Waals surface area (Å²) >= 11 is 3.45. The van der Waals surface area contributed by atoms with Crippen LogP contribution in [0.15, 0.2) is 4.47 Å². The van der Waals surface area contributed by atoms with Crippen molar-refractivity contribution in [3.8, 4) is 0 Å². The first-order chi connectivity index (χ1) is 9.24. The highest BCUT2D eigenvalue weighted by molar-refractivity contribution is 9.10. The Morgan fingerprint density at radius 1 is 1.45 bits per heavy atom. The number of hydrogen-bond acceptors (Lipinski definition) is 3. The predicted molar refractivity (Wildman–Crippen MR) is 73.7 cm³/mol. The van der Waals surface area contributed by atoms with Crippen LogP contribution < -0.4 is 5.32 Å². The fraction of sp³-hybridized carbons (Fsp3) is 0.750. The van der Waals surface area contributed by atoms with Crippen molar-refractivity contribution >= 4 is 15.9 Å². The minimum Gasteiger partial charge on any atom is -0.370 e. The zero-order valence-corrected chi connectivity index (χ0v) is 13.3. The van der Waals surface area contributed by atoms with E-state index in [2.05, 4.69) is 26.3 Å². The number of ether oxygens (including phenoxy) is 1. The third kappa shape index (κ3) is 5.41. The summed E-state index contributed by atoms with van der Waals surface area (Å²) in [5, 5.41) is 7.39. The average Bonchev–Trinajstić information content (AvgIpc) is 2.54. The summed E-state index contributed by atoms with van der Waals surface area (Å²) in [6.45, 7) is 3.22. The van der Waals surface area contributed by atoms with Gasteiger partial charge < -0.3 is 10.1 Å². The van der Waals surface area contributed by atoms with Crippen molar-refractivity contribution in [2.45, 2.75) is 32.5 Å². The molecule has 1 atom stereocenters. The Morgan fingerprint density at radius 3 is 2.55 bits per heavy atom. The monoisotopic (exact) mass is 357 g/mol. The quantitative estimate of drug-likeness (QED) is 0.815. The van der Waals surface area contributed by atoms with E-state index in [-0.39, 0.29) is 12.6 Å². The van der Waals surface area contributed by atoms with Gasteiger partial charge in [-0.2, -0.15) is 18.3 Å². The highest BCUT2D eigenvalue weighted by Crippen LogP contribution is 2.22. The Morgan fingerprint density at radius 2 is 2.10 bits per heavy atom. The Kier molecular flexibility index (Phi) is 6.47. The smallest absolute Gasteiger partial charge is 0.370 e. The van der Waals surface area contributed by atoms with E-state index in [1.54, 1.807) is 4.68 Å². The molecule has 0 aromatic carbocycles. The highest BCUT2D eigenvalue weighted by Gasteiger charge is 2.28. The van der Waals surface area contributed by atoms with E-state index in [1.807, 2.05) is 20.9 Å². The molecular formula is C12H19BrF3N3O. The fourth-order valence-electron chi connectivity index (χ4n) is 1.93. The van der Waals surface area contributed by atoms with Crippen LogP contribution in [0, 0.1) is 6.92 Å². The molecule has 0 saturated carbocycles. The van der Waals surface area contributed by atoms with Crippen molar-refractivity contribution in [3.63, 3.8) is 0 Å². The number of aryl methyl sites for hydroxylation is 2. The second-order valence-electron chi connectivity index (χ2n) is 4.56. The molecule has 1 N–H and O–H groups in total. The molecule has 0 bridgehead atoms. The first kappa shape index (κ1) is 17.5. The van der Waals surface area contributed by atoms with Gasteiger partial charge in [-0.3, -0.25) is 4.68 Å². The molecule has 0 fully saturated rings. The van der Waals surface area contributed by atoms with Gasteiger partial charge in [-0.05, 0) is 29.4 Å². The Bertz CT molecular complexity index is 434. The maximum atomic E-state index is 12.1. The van der Waals surface area contributed by atoms with Gasteiger partial charge in [0.05, 0.1) is 22.5 Å². The number of nitrogens with one attached hydrogen (secondary N) is 1. The summed E-state index contributed by atoms with van der Waals surface area (Å²) in [5.74, 6) is 0. The van der Waals surface area contributed by atoms with E-state index < -0.39 is 12.8 Å². The van der Waals surface area contributed by atoms with Crippen molar-refractivity contribution in [1.29, 1.82) is 0 Å². The minimum absolute atomic E-state index is 0.00399. The van der Waals surface area contributed by atoms with Gasteiger partial charge in [-0.15, -0.1) is 0 Å². The molecular weight excluding hydrogens is 339 g/mol. The van der Waals surface area contributed by atoms with Crippen LogP contribution in [-0.2, 0) is 18.2 Å². The van der Waals surface area contributed by atoms with Gasteiger partial charge in [0, 0.05) is 19.5 Å². The molecule has 8 heteroatoms. The highest BCUT2D eigenvalue weighted by atomic mass is 79.9. The standard InChI is InChI=1S/C12H19BrF3N3O/c1-4-17-9(6-20-7-12(14,15)16)5-10-11(13)8(2)18-19(10)3/h9,17H,4-7H2,1-3H3. The minimum atomic E-state index is -4.29. The Hall–Kier alpha value is -0.600. The summed E-state index contributed by atoms with van der Waals surface area (Å²) in [7, 11) is 1.81. The summed E-state index contributed by atoms with van der Waals surface area (Å²) in [6, 6.07) is -0.187. The maximum absolute atomic E-state index is 12.1. The van der Waals surface area contributed by atoms with E-state index in [0.717, 1.165) is 15.9 Å². The van der Waals surface area contributed by atoms with Crippen molar-refractivity contribution in [3.05, 3.63) is 15.9 Å². The van der Waals surface area contributed by atoms with E-state index >= 15 is 0 Å². The fourth-order valence-corrected chi connectivity index (χ4v) is 2.43. The molecule has 1 aromatic rings. The molecule has 0 amide bonds. The molecule has 1 rings (SSSR count). The van der Waals surface area contributed by atoms with Crippen LogP contribution in [0.3, 0.4) is 0 Å². The van der Waals surface area contributed by atoms with Crippen molar-refractivity contribution in [2.75, 3.05) is 19.8 Å². The van der Waals surface area contributed by atoms with Gasteiger partial charge in [0.2, 0.25) is 0 Å². The average molecular weight is 358 g/mol. The lowest BCUT2D eigenvalue weighted by atomic mass is 10.1. The zero-order valence-electron chi connectivity index (χ0n) is 11.7. The lowest BCUT2D eigenvalue weighted by Gasteiger charge is -2.19. The van der Waals surface area contributed by atoms with Gasteiger partial charge in [0.1, 0.15) is 6.61 Å². The zero-order chi connectivity index (χ0) is 15.3. The van der Waals surface area contributed by atoms with Crippen molar-refractivity contribution in [1.82, 2.24) is 15.1 Å². The van der Waals surface area contributed by atoms with E-state index in [4.69, 9.17) is 4.74 Å². The molecule has 20 heavy (non-hydrogen) atoms. The maximum Gasteiger partial charge on any atom is 0.411 e. The first-order valence-corrected chi connectivity index (χ1v) is 7.09. The number of halogens is 4. The van der Waals surface area contributed by atoms with Crippen LogP contribution in [0.4, 0.5) is 13.2 Å². The molecule has 0 radical (unpaired) electrons. The van der Waals surface area contributed by atoms with Crippen LogP contribution in [-0.4, -0.2) is 41.8 Å². The molecule has 0 aliphatic heterocycles. The predicted octanol–water partition coefficient (Wildman–Crippen LogP) is 2.59. The summed E-state index contributed by atoms with van der Waals surface area (Å²) in [6.07, 6.45) is -3.75. The number of hydrogen-bond donors (Lipinski definition) is 1. The number of nitrogens with zero attached hydrogens (tertiary/aromatic N) is 2. The van der Waals surface area contributed by atoms with E-state index in [0.29, 0.717) is 13.0 Å². The third-order valence-electron chi connectivity index (χ3n) is 2.78. The largest absolute Gasteiger partial charge is 0.411 e. The lowest BCUT2D eigenvalue weighted by Crippen LogP contribution is -2.37. The van der Waals surface area contributed by atoms with Gasteiger partial charge in [-0.25, -0.2) is 0 Å². The van der Waals surface area contributed by atoms with Crippen LogP contribution in [0.5, 0.6) is 0 Å². The molecule has 1 aromatic heterocycles. The molecule has 1 unspecified atom stereocenters. The molecule has 0 spiro atoms. The Labute approximate surface area is 124 Å². The topological polar surface area (TPSA) is 39.1 Å².